The fourth-order valence-electron chi connectivity index (χ4n) is 4.43. The van der Waals surface area contributed by atoms with E-state index in [2.05, 4.69) is 15.9 Å². The van der Waals surface area contributed by atoms with E-state index in [1.807, 2.05) is 12.1 Å². The lowest BCUT2D eigenvalue weighted by Gasteiger charge is -2.25. The van der Waals surface area contributed by atoms with Crippen molar-refractivity contribution in [3.05, 3.63) is 92.2 Å². The second-order valence-electron chi connectivity index (χ2n) is 7.90. The number of anilines is 1. The van der Waals surface area contributed by atoms with Crippen molar-refractivity contribution >= 4 is 38.6 Å². The Balaban J connectivity index is 1.85. The Bertz CT molecular complexity index is 1630. The topological polar surface area (TPSA) is 108 Å². The Hall–Kier alpha value is -4.23. The first-order valence-electron chi connectivity index (χ1n) is 10.4. The summed E-state index contributed by atoms with van der Waals surface area (Å²) in [5.41, 5.74) is 1.37. The second-order valence-corrected chi connectivity index (χ2v) is 8.75. The number of benzene rings is 3. The number of aromatic nitrogens is 2. The lowest BCUT2D eigenvalue weighted by atomic mass is 10.1. The average Bonchev–Trinajstić information content (AvgIpc) is 3.24. The van der Waals surface area contributed by atoms with Gasteiger partial charge in [0.1, 0.15) is 11.9 Å². The lowest BCUT2D eigenvalue weighted by molar-refractivity contribution is 0.199. The Morgan fingerprint density at radius 1 is 1.26 bits per heavy atom. The van der Waals surface area contributed by atoms with Crippen molar-refractivity contribution in [1.29, 1.82) is 5.26 Å². The number of rotatable bonds is 3. The number of nitriles is 1. The smallest absolute Gasteiger partial charge is 0.412 e. The lowest BCUT2D eigenvalue weighted by Crippen LogP contribution is -2.36. The van der Waals surface area contributed by atoms with E-state index >= 15 is 0 Å². The molecule has 0 spiro atoms. The summed E-state index contributed by atoms with van der Waals surface area (Å²) in [6, 6.07) is 15.2. The number of nitrogens with zero attached hydrogens (tertiary/aromatic N) is 4. The number of ether oxygens (including phenoxy) is 1. The van der Waals surface area contributed by atoms with Gasteiger partial charge in [-0.1, -0.05) is 18.2 Å². The minimum Gasteiger partial charge on any atom is -0.494 e. The van der Waals surface area contributed by atoms with Gasteiger partial charge in [-0.25, -0.2) is 14.2 Å². The molecule has 0 saturated carbocycles. The highest BCUT2D eigenvalue weighted by Crippen LogP contribution is 2.40. The molecule has 10 heteroatoms. The molecule has 3 aromatic carbocycles. The quantitative estimate of drug-likeness (QED) is 0.398. The third-order valence-corrected chi connectivity index (χ3v) is 6.56. The fourth-order valence-corrected chi connectivity index (χ4v) is 4.97. The third-order valence-electron chi connectivity index (χ3n) is 5.96. The normalized spacial score (nSPS) is 14.6. The van der Waals surface area contributed by atoms with Crippen LogP contribution in [0.15, 0.2) is 63.9 Å². The van der Waals surface area contributed by atoms with Crippen molar-refractivity contribution in [3.63, 3.8) is 0 Å². The maximum atomic E-state index is 14.7. The highest BCUT2D eigenvalue weighted by molar-refractivity contribution is 9.10. The third kappa shape index (κ3) is 3.61. The van der Waals surface area contributed by atoms with Crippen LogP contribution in [0.25, 0.3) is 16.6 Å². The van der Waals surface area contributed by atoms with Crippen molar-refractivity contribution in [2.24, 2.45) is 0 Å². The molecule has 1 unspecified atom stereocenters. The molecule has 0 fully saturated rings. The van der Waals surface area contributed by atoms with Crippen LogP contribution in [-0.4, -0.2) is 27.9 Å². The number of hydrogen-bond donors (Lipinski definition) is 1. The van der Waals surface area contributed by atoms with Gasteiger partial charge in [-0.2, -0.15) is 5.26 Å². The summed E-state index contributed by atoms with van der Waals surface area (Å²) in [5, 5.41) is 19.6. The highest BCUT2D eigenvalue weighted by atomic mass is 79.9. The number of carboxylic acid groups (broad SMARTS) is 1. The Kier molecular flexibility index (Phi) is 5.49. The minimum atomic E-state index is -1.21. The average molecular weight is 535 g/mol. The zero-order chi connectivity index (χ0) is 24.9. The van der Waals surface area contributed by atoms with Crippen LogP contribution in [0.1, 0.15) is 23.0 Å². The molecule has 0 aliphatic carbocycles. The van der Waals surface area contributed by atoms with Crippen molar-refractivity contribution in [3.8, 4) is 17.5 Å². The van der Waals surface area contributed by atoms with Crippen LogP contribution in [0.2, 0.25) is 0 Å². The molecular formula is C25H16BrFN4O4. The molecule has 1 N–H and O–H groups in total. The summed E-state index contributed by atoms with van der Waals surface area (Å²) in [6.45, 7) is 0. The molecule has 1 aromatic heterocycles. The van der Waals surface area contributed by atoms with Crippen LogP contribution in [0.4, 0.5) is 14.9 Å². The van der Waals surface area contributed by atoms with Gasteiger partial charge in [0.25, 0.3) is 5.56 Å². The maximum Gasteiger partial charge on any atom is 0.412 e. The second kappa shape index (κ2) is 8.52. The first-order valence-corrected chi connectivity index (χ1v) is 11.2. The molecule has 1 atom stereocenters. The summed E-state index contributed by atoms with van der Waals surface area (Å²) in [7, 11) is 1.33. The van der Waals surface area contributed by atoms with E-state index < -0.39 is 23.5 Å². The van der Waals surface area contributed by atoms with Crippen LogP contribution >= 0.6 is 15.9 Å². The zero-order valence-corrected chi connectivity index (χ0v) is 19.8. The predicted molar refractivity (Wildman–Crippen MR) is 130 cm³/mol. The molecule has 4 aromatic rings. The monoisotopic (exact) mass is 534 g/mol. The van der Waals surface area contributed by atoms with Gasteiger partial charge in [0.05, 0.1) is 41.0 Å². The summed E-state index contributed by atoms with van der Waals surface area (Å²) in [6.07, 6.45) is -0.937. The van der Waals surface area contributed by atoms with Gasteiger partial charge in [-0.15, -0.1) is 0 Å². The van der Waals surface area contributed by atoms with Crippen LogP contribution in [-0.2, 0) is 6.42 Å². The Morgan fingerprint density at radius 3 is 2.71 bits per heavy atom. The summed E-state index contributed by atoms with van der Waals surface area (Å²) in [4.78, 5) is 32.0. The molecule has 0 saturated heterocycles. The van der Waals surface area contributed by atoms with Gasteiger partial charge in [-0.05, 0) is 51.8 Å². The van der Waals surface area contributed by atoms with E-state index in [0.29, 0.717) is 10.2 Å². The number of fused-ring (bicyclic) bond motifs is 2. The SMILES string of the molecule is COc1ccc(-n2c(C3Cc4ccccc4N3C(=O)O)nc3c(Br)cc(C#N)cc3c2=O)cc1F. The van der Waals surface area contributed by atoms with Crippen molar-refractivity contribution in [2.45, 2.75) is 12.5 Å². The maximum absolute atomic E-state index is 14.7. The molecular weight excluding hydrogens is 519 g/mol. The standard InChI is InChI=1S/C25H16BrFN4O4/c1-35-21-7-6-15(11-18(21)27)30-23(20-10-14-4-2-3-5-19(14)31(20)25(33)34)29-22-16(24(30)32)8-13(12-28)9-17(22)26/h2-9,11,20H,10H2,1H3,(H,33,34). The fraction of sp³-hybridized carbons (Fsp3) is 0.120. The van der Waals surface area contributed by atoms with Crippen molar-refractivity contribution in [2.75, 3.05) is 12.0 Å². The summed E-state index contributed by atoms with van der Waals surface area (Å²) < 4.78 is 21.3. The van der Waals surface area contributed by atoms with E-state index in [0.717, 1.165) is 16.5 Å². The van der Waals surface area contributed by atoms with Gasteiger partial charge in [0.15, 0.2) is 11.6 Å². The number of para-hydroxylation sites is 1. The van der Waals surface area contributed by atoms with Gasteiger partial charge in [-0.3, -0.25) is 14.3 Å². The molecule has 1 amide bonds. The molecule has 8 nitrogen and oxygen atoms in total. The number of methoxy groups -OCH3 is 1. The predicted octanol–water partition coefficient (Wildman–Crippen LogP) is 4.95. The molecule has 1 aliphatic heterocycles. The van der Waals surface area contributed by atoms with Gasteiger partial charge in [0.2, 0.25) is 0 Å². The first kappa shape index (κ1) is 22.6. The van der Waals surface area contributed by atoms with Crippen LogP contribution < -0.4 is 15.2 Å². The highest BCUT2D eigenvalue weighted by Gasteiger charge is 2.38. The number of amides is 1. The Labute approximate surface area is 206 Å². The molecule has 1 aliphatic rings. The van der Waals surface area contributed by atoms with Crippen LogP contribution in [0, 0.1) is 17.1 Å². The van der Waals surface area contributed by atoms with Crippen molar-refractivity contribution in [1.82, 2.24) is 9.55 Å². The summed E-state index contributed by atoms with van der Waals surface area (Å²) >= 11 is 3.38. The van der Waals surface area contributed by atoms with Gasteiger partial charge in [0, 0.05) is 17.0 Å². The first-order chi connectivity index (χ1) is 16.8. The zero-order valence-electron chi connectivity index (χ0n) is 18.2. The largest absolute Gasteiger partial charge is 0.494 e. The molecule has 0 radical (unpaired) electrons. The molecule has 5 rings (SSSR count). The molecule has 174 valence electrons. The molecule has 2 heterocycles. The number of hydrogen-bond acceptors (Lipinski definition) is 5. The van der Waals surface area contributed by atoms with Crippen molar-refractivity contribution < 1.29 is 19.0 Å². The van der Waals surface area contributed by atoms with E-state index in [4.69, 9.17) is 9.72 Å². The minimum absolute atomic E-state index is 0.00737. The van der Waals surface area contributed by atoms with E-state index in [1.165, 1.54) is 35.9 Å². The number of halogens is 2. The molecule has 0 bridgehead atoms. The van der Waals surface area contributed by atoms with Crippen LogP contribution in [0.3, 0.4) is 0 Å². The summed E-state index contributed by atoms with van der Waals surface area (Å²) in [5.74, 6) is -0.581. The van der Waals surface area contributed by atoms with Gasteiger partial charge >= 0.3 is 6.09 Å². The van der Waals surface area contributed by atoms with Gasteiger partial charge < -0.3 is 9.84 Å². The van der Waals surface area contributed by atoms with E-state index in [1.54, 1.807) is 18.2 Å². The Morgan fingerprint density at radius 2 is 2.03 bits per heavy atom. The molecule has 35 heavy (non-hydrogen) atoms. The van der Waals surface area contributed by atoms with Crippen LogP contribution in [0.5, 0.6) is 5.75 Å². The number of carbonyl (C=O) groups is 1. The van der Waals surface area contributed by atoms with E-state index in [-0.39, 0.29) is 40.1 Å². The van der Waals surface area contributed by atoms with E-state index in [9.17, 15) is 24.3 Å².